The lowest BCUT2D eigenvalue weighted by molar-refractivity contribution is -0.385. The summed E-state index contributed by atoms with van der Waals surface area (Å²) in [4.78, 5) is 22.8. The summed E-state index contributed by atoms with van der Waals surface area (Å²) in [5.41, 5.74) is 0.371. The number of rotatable bonds is 5. The third-order valence-electron chi connectivity index (χ3n) is 4.35. The molecule has 9 heteroatoms. The van der Waals surface area contributed by atoms with Crippen molar-refractivity contribution >= 4 is 21.7 Å². The highest BCUT2D eigenvalue weighted by Crippen LogP contribution is 2.25. The van der Waals surface area contributed by atoms with Gasteiger partial charge in [0, 0.05) is 24.7 Å². The molecule has 1 heterocycles. The van der Waals surface area contributed by atoms with Crippen molar-refractivity contribution in [3.8, 4) is 5.75 Å². The number of nitrogens with zero attached hydrogens (tertiary/aromatic N) is 2. The molecular formula is C18H18N2O6S. The summed E-state index contributed by atoms with van der Waals surface area (Å²) in [6.07, 6.45) is 1.64. The molecule has 1 aliphatic heterocycles. The van der Waals surface area contributed by atoms with E-state index in [4.69, 9.17) is 4.74 Å². The van der Waals surface area contributed by atoms with E-state index < -0.39 is 20.9 Å². The number of nitro benzene ring substituents is 1. The summed E-state index contributed by atoms with van der Waals surface area (Å²) in [7, 11) is -3.64. The third kappa shape index (κ3) is 3.99. The maximum atomic E-state index is 12.6. The molecule has 3 rings (SSSR count). The van der Waals surface area contributed by atoms with Crippen LogP contribution in [0, 0.1) is 17.0 Å². The van der Waals surface area contributed by atoms with E-state index in [0.717, 1.165) is 12.8 Å². The molecule has 27 heavy (non-hydrogen) atoms. The Morgan fingerprint density at radius 1 is 1.15 bits per heavy atom. The second-order valence-electron chi connectivity index (χ2n) is 6.23. The Morgan fingerprint density at radius 2 is 1.85 bits per heavy atom. The van der Waals surface area contributed by atoms with Gasteiger partial charge in [-0.25, -0.2) is 13.2 Å². The number of hydrogen-bond acceptors (Lipinski definition) is 6. The van der Waals surface area contributed by atoms with Gasteiger partial charge in [0.2, 0.25) is 10.0 Å². The summed E-state index contributed by atoms with van der Waals surface area (Å²) >= 11 is 0. The van der Waals surface area contributed by atoms with Gasteiger partial charge in [-0.1, -0.05) is 6.07 Å². The van der Waals surface area contributed by atoms with Crippen LogP contribution in [0.4, 0.5) is 5.69 Å². The van der Waals surface area contributed by atoms with E-state index in [1.54, 1.807) is 6.92 Å². The number of ether oxygens (including phenoxy) is 1. The Bertz CT molecular complexity index is 997. The first-order valence-corrected chi connectivity index (χ1v) is 9.80. The van der Waals surface area contributed by atoms with Gasteiger partial charge in [0.1, 0.15) is 5.75 Å². The highest BCUT2D eigenvalue weighted by molar-refractivity contribution is 7.89. The average Bonchev–Trinajstić information content (AvgIpc) is 3.17. The number of nitro groups is 1. The van der Waals surface area contributed by atoms with Crippen LogP contribution >= 0.6 is 0 Å². The highest BCUT2D eigenvalue weighted by Gasteiger charge is 2.27. The van der Waals surface area contributed by atoms with Gasteiger partial charge >= 0.3 is 5.97 Å². The monoisotopic (exact) mass is 390 g/mol. The molecule has 142 valence electrons. The Hall–Kier alpha value is -2.78. The summed E-state index contributed by atoms with van der Waals surface area (Å²) in [5, 5.41) is 10.9. The van der Waals surface area contributed by atoms with Crippen molar-refractivity contribution in [2.75, 3.05) is 13.1 Å². The van der Waals surface area contributed by atoms with Crippen molar-refractivity contribution < 1.29 is 22.9 Å². The van der Waals surface area contributed by atoms with Gasteiger partial charge in [-0.2, -0.15) is 4.31 Å². The van der Waals surface area contributed by atoms with Crippen LogP contribution in [0.5, 0.6) is 5.75 Å². The third-order valence-corrected chi connectivity index (χ3v) is 6.24. The number of aryl methyl sites for hydroxylation is 1. The van der Waals surface area contributed by atoms with E-state index >= 15 is 0 Å². The molecule has 1 aliphatic rings. The molecule has 0 aliphatic carbocycles. The second-order valence-corrected chi connectivity index (χ2v) is 8.17. The summed E-state index contributed by atoms with van der Waals surface area (Å²) in [5.74, 6) is -0.586. The maximum absolute atomic E-state index is 12.6. The number of carbonyl (C=O) groups excluding carboxylic acids is 1. The Balaban J connectivity index is 1.82. The van der Waals surface area contributed by atoms with Gasteiger partial charge < -0.3 is 4.74 Å². The van der Waals surface area contributed by atoms with Crippen LogP contribution in [0.3, 0.4) is 0 Å². The van der Waals surface area contributed by atoms with Crippen molar-refractivity contribution in [3.05, 3.63) is 63.7 Å². The minimum Gasteiger partial charge on any atom is -0.423 e. The fourth-order valence-corrected chi connectivity index (χ4v) is 4.49. The van der Waals surface area contributed by atoms with Crippen LogP contribution in [-0.4, -0.2) is 36.7 Å². The van der Waals surface area contributed by atoms with Crippen LogP contribution in [0.15, 0.2) is 47.4 Å². The number of hydrogen-bond donors (Lipinski definition) is 0. The Kier molecular flexibility index (Phi) is 5.24. The van der Waals surface area contributed by atoms with Crippen molar-refractivity contribution in [3.63, 3.8) is 0 Å². The summed E-state index contributed by atoms with van der Waals surface area (Å²) in [6, 6.07) is 9.65. The molecule has 2 aromatic rings. The van der Waals surface area contributed by atoms with Crippen molar-refractivity contribution in [1.82, 2.24) is 4.31 Å². The summed E-state index contributed by atoms with van der Waals surface area (Å²) in [6.45, 7) is 2.48. The van der Waals surface area contributed by atoms with E-state index in [2.05, 4.69) is 0 Å². The Morgan fingerprint density at radius 3 is 2.48 bits per heavy atom. The van der Waals surface area contributed by atoms with E-state index in [1.807, 2.05) is 0 Å². The van der Waals surface area contributed by atoms with Crippen LogP contribution in [0.25, 0.3) is 0 Å². The highest BCUT2D eigenvalue weighted by atomic mass is 32.2. The lowest BCUT2D eigenvalue weighted by Gasteiger charge is -2.15. The fourth-order valence-electron chi connectivity index (χ4n) is 2.92. The average molecular weight is 390 g/mol. The van der Waals surface area contributed by atoms with Gasteiger partial charge in [0.05, 0.1) is 15.4 Å². The number of benzene rings is 2. The molecule has 0 radical (unpaired) electrons. The molecule has 0 saturated carbocycles. The predicted molar refractivity (Wildman–Crippen MR) is 97.2 cm³/mol. The van der Waals surface area contributed by atoms with Crippen molar-refractivity contribution in [2.45, 2.75) is 24.7 Å². The van der Waals surface area contributed by atoms with Crippen LogP contribution in [0.1, 0.15) is 28.8 Å². The topological polar surface area (TPSA) is 107 Å². The Labute approximate surface area is 156 Å². The molecule has 0 N–H and O–H groups in total. The summed E-state index contributed by atoms with van der Waals surface area (Å²) < 4.78 is 31.9. The normalized spacial score (nSPS) is 14.9. The lowest BCUT2D eigenvalue weighted by Crippen LogP contribution is -2.28. The molecule has 0 spiro atoms. The van der Waals surface area contributed by atoms with Crippen LogP contribution < -0.4 is 4.74 Å². The second kappa shape index (κ2) is 7.45. The number of sulfonamides is 1. The first-order chi connectivity index (χ1) is 12.8. The van der Waals surface area contributed by atoms with Gasteiger partial charge in [-0.15, -0.1) is 0 Å². The molecule has 0 aromatic heterocycles. The maximum Gasteiger partial charge on any atom is 0.343 e. The molecule has 2 aromatic carbocycles. The minimum absolute atomic E-state index is 0.0405. The molecule has 0 atom stereocenters. The molecular weight excluding hydrogens is 372 g/mol. The zero-order valence-electron chi connectivity index (χ0n) is 14.6. The first kappa shape index (κ1) is 19.0. The molecule has 0 amide bonds. The van der Waals surface area contributed by atoms with Gasteiger partial charge in [0.15, 0.2) is 0 Å². The largest absolute Gasteiger partial charge is 0.423 e. The zero-order valence-corrected chi connectivity index (χ0v) is 15.4. The van der Waals surface area contributed by atoms with Crippen LogP contribution in [0.2, 0.25) is 0 Å². The predicted octanol–water partition coefficient (Wildman–Crippen LogP) is 2.91. The SMILES string of the molecule is Cc1cc(OC(=O)c2cccc(S(=O)(=O)N3CCCC3)c2)ccc1[N+](=O)[O-]. The van der Waals surface area contributed by atoms with E-state index in [1.165, 1.54) is 46.8 Å². The van der Waals surface area contributed by atoms with Crippen molar-refractivity contribution in [1.29, 1.82) is 0 Å². The van der Waals surface area contributed by atoms with Crippen molar-refractivity contribution in [2.24, 2.45) is 0 Å². The minimum atomic E-state index is -3.64. The standard InChI is InChI=1S/C18H18N2O6S/c1-13-11-15(7-8-17(13)20(22)23)26-18(21)14-5-4-6-16(12-14)27(24,25)19-9-2-3-10-19/h4-8,11-12H,2-3,9-10H2,1H3. The fraction of sp³-hybridized carbons (Fsp3) is 0.278. The molecule has 1 saturated heterocycles. The molecule has 8 nitrogen and oxygen atoms in total. The van der Waals surface area contributed by atoms with Gasteiger partial charge in [-0.05, 0) is 50.1 Å². The number of esters is 1. The molecule has 0 unspecified atom stereocenters. The van der Waals surface area contributed by atoms with E-state index in [0.29, 0.717) is 18.7 Å². The van der Waals surface area contributed by atoms with Gasteiger partial charge in [-0.3, -0.25) is 10.1 Å². The zero-order chi connectivity index (χ0) is 19.6. The molecule has 1 fully saturated rings. The lowest BCUT2D eigenvalue weighted by atomic mass is 10.2. The van der Waals surface area contributed by atoms with Gasteiger partial charge in [0.25, 0.3) is 5.69 Å². The first-order valence-electron chi connectivity index (χ1n) is 8.36. The number of carbonyl (C=O) groups is 1. The van der Waals surface area contributed by atoms with E-state index in [-0.39, 0.29) is 21.9 Å². The van der Waals surface area contributed by atoms with Crippen LogP contribution in [-0.2, 0) is 10.0 Å². The smallest absolute Gasteiger partial charge is 0.343 e. The van der Waals surface area contributed by atoms with E-state index in [9.17, 15) is 23.3 Å². The molecule has 0 bridgehead atoms. The quantitative estimate of drug-likeness (QED) is 0.336.